The van der Waals surface area contributed by atoms with Crippen molar-refractivity contribution >= 4 is 40.7 Å². The van der Waals surface area contributed by atoms with E-state index in [-0.39, 0.29) is 35.2 Å². The monoisotopic (exact) mass is 579 g/mol. The summed E-state index contributed by atoms with van der Waals surface area (Å²) in [5.74, 6) is 0.302. The number of carbonyl (C=O) groups is 1. The highest BCUT2D eigenvalue weighted by Gasteiger charge is 2.33. The molecular weight excluding hydrogens is 558 g/mol. The normalized spacial score (nSPS) is 15.0. The third-order valence-corrected chi connectivity index (χ3v) is 7.29. The van der Waals surface area contributed by atoms with Crippen molar-refractivity contribution in [3.05, 3.63) is 124 Å². The van der Waals surface area contributed by atoms with Gasteiger partial charge in [0, 0.05) is 17.2 Å². The average molecular weight is 580 g/mol. The van der Waals surface area contributed by atoms with E-state index in [1.165, 1.54) is 34.1 Å². The van der Waals surface area contributed by atoms with Crippen molar-refractivity contribution in [3.63, 3.8) is 0 Å². The van der Waals surface area contributed by atoms with Crippen LogP contribution in [0, 0.1) is 10.1 Å². The van der Waals surface area contributed by atoms with Crippen molar-refractivity contribution in [3.8, 4) is 5.75 Å². The van der Waals surface area contributed by atoms with Gasteiger partial charge >= 0.3 is 11.7 Å². The van der Waals surface area contributed by atoms with Crippen LogP contribution >= 0.6 is 22.9 Å². The van der Waals surface area contributed by atoms with Crippen LogP contribution in [0.4, 0.5) is 5.69 Å². The Morgan fingerprint density at radius 2 is 2.00 bits per heavy atom. The Labute approximate surface area is 236 Å². The van der Waals surface area contributed by atoms with Crippen LogP contribution in [0.3, 0.4) is 0 Å². The minimum atomic E-state index is -0.700. The molecule has 4 aromatic rings. The largest absolute Gasteiger partial charge is 0.479 e. The van der Waals surface area contributed by atoms with E-state index in [1.54, 1.807) is 32.1 Å². The van der Waals surface area contributed by atoms with Crippen LogP contribution < -0.4 is 19.6 Å². The number of allylic oxidation sites excluding steroid dienone is 1. The zero-order valence-electron chi connectivity index (χ0n) is 21.3. The molecule has 12 heteroatoms. The molecule has 0 saturated carbocycles. The first kappa shape index (κ1) is 27.1. The van der Waals surface area contributed by atoms with E-state index in [0.717, 1.165) is 5.56 Å². The van der Waals surface area contributed by atoms with Crippen molar-refractivity contribution in [2.45, 2.75) is 26.5 Å². The molecule has 0 saturated heterocycles. The first-order valence-corrected chi connectivity index (χ1v) is 13.4. The molecule has 10 nitrogen and oxygen atoms in total. The van der Waals surface area contributed by atoms with E-state index in [2.05, 4.69) is 4.99 Å². The van der Waals surface area contributed by atoms with Crippen LogP contribution in [0.2, 0.25) is 5.02 Å². The highest BCUT2D eigenvalue weighted by atomic mass is 35.5. The number of nitro groups is 1. The molecule has 204 valence electrons. The molecule has 0 N–H and O–H groups in total. The number of ether oxygens (including phenoxy) is 2. The SMILES string of the molecule is CCOC(=O)C1=C(C)N=c2sc(=Cc3ccc(COc4ccc(Cl)cc4[N+](=O)[O-])o3)c(=O)n2[C@H]1c1ccccc1. The lowest BCUT2D eigenvalue weighted by Gasteiger charge is -2.24. The number of nitrogens with zero attached hydrogens (tertiary/aromatic N) is 3. The molecule has 0 aliphatic carbocycles. The predicted molar refractivity (Wildman–Crippen MR) is 148 cm³/mol. The second-order valence-electron chi connectivity index (χ2n) is 8.67. The molecule has 0 amide bonds. The molecule has 0 fully saturated rings. The topological polar surface area (TPSA) is 126 Å². The molecule has 2 aromatic carbocycles. The Morgan fingerprint density at radius 1 is 1.23 bits per heavy atom. The van der Waals surface area contributed by atoms with E-state index in [1.807, 2.05) is 30.3 Å². The second-order valence-corrected chi connectivity index (χ2v) is 10.1. The summed E-state index contributed by atoms with van der Waals surface area (Å²) in [5, 5.41) is 11.5. The van der Waals surface area contributed by atoms with Crippen molar-refractivity contribution in [1.82, 2.24) is 4.57 Å². The smallest absolute Gasteiger partial charge is 0.338 e. The summed E-state index contributed by atoms with van der Waals surface area (Å²) in [5.41, 5.74) is 0.944. The summed E-state index contributed by atoms with van der Waals surface area (Å²) >= 11 is 7.03. The maximum atomic E-state index is 13.6. The van der Waals surface area contributed by atoms with Gasteiger partial charge in [-0.15, -0.1) is 0 Å². The third-order valence-electron chi connectivity index (χ3n) is 6.08. The standard InChI is InChI=1S/C28H22ClN3O7S/c1-3-37-27(34)24-16(2)30-28-31(25(24)17-7-5-4-6-8-17)26(33)23(40-28)14-19-10-11-20(39-19)15-38-22-12-9-18(29)13-21(22)32(35)36/h4-14,25H,3,15H2,1-2H3/t25-/m0/s1. The van der Waals surface area contributed by atoms with Crippen molar-refractivity contribution in [2.24, 2.45) is 4.99 Å². The molecule has 2 aromatic heterocycles. The number of furan rings is 1. The van der Waals surface area contributed by atoms with Crippen LogP contribution in [0.25, 0.3) is 6.08 Å². The molecule has 0 bridgehead atoms. The number of esters is 1. The number of aromatic nitrogens is 1. The predicted octanol–water partition coefficient (Wildman–Crippen LogP) is 4.53. The third kappa shape index (κ3) is 5.33. The number of hydrogen-bond donors (Lipinski definition) is 0. The zero-order valence-corrected chi connectivity index (χ0v) is 22.9. The summed E-state index contributed by atoms with van der Waals surface area (Å²) in [4.78, 5) is 42.3. The van der Waals surface area contributed by atoms with E-state index >= 15 is 0 Å². The minimum absolute atomic E-state index is 0.0503. The summed E-state index contributed by atoms with van der Waals surface area (Å²) in [6, 6.07) is 16.0. The Bertz CT molecular complexity index is 1820. The lowest BCUT2D eigenvalue weighted by atomic mass is 9.96. The number of halogens is 1. The molecule has 40 heavy (non-hydrogen) atoms. The van der Waals surface area contributed by atoms with Gasteiger partial charge in [-0.3, -0.25) is 19.5 Å². The van der Waals surface area contributed by atoms with Gasteiger partial charge < -0.3 is 13.9 Å². The molecular formula is C28H22ClN3O7S. The van der Waals surface area contributed by atoms with E-state index in [4.69, 9.17) is 25.5 Å². The lowest BCUT2D eigenvalue weighted by Crippen LogP contribution is -2.39. The minimum Gasteiger partial charge on any atom is -0.479 e. The van der Waals surface area contributed by atoms with Crippen LogP contribution in [-0.2, 0) is 16.1 Å². The first-order valence-electron chi connectivity index (χ1n) is 12.2. The fraction of sp³-hybridized carbons (Fsp3) is 0.179. The lowest BCUT2D eigenvalue weighted by molar-refractivity contribution is -0.385. The van der Waals surface area contributed by atoms with Gasteiger partial charge in [-0.1, -0.05) is 53.3 Å². The Balaban J connectivity index is 1.48. The summed E-state index contributed by atoms with van der Waals surface area (Å²) in [6.45, 7) is 3.56. The number of fused-ring (bicyclic) bond motifs is 1. The molecule has 1 aliphatic heterocycles. The van der Waals surface area contributed by atoms with Gasteiger partial charge in [-0.2, -0.15) is 0 Å². The van der Waals surface area contributed by atoms with Crippen LogP contribution in [0.5, 0.6) is 5.75 Å². The van der Waals surface area contributed by atoms with E-state index < -0.39 is 16.9 Å². The Hall–Kier alpha value is -4.48. The maximum Gasteiger partial charge on any atom is 0.338 e. The molecule has 1 aliphatic rings. The fourth-order valence-corrected chi connectivity index (χ4v) is 5.52. The highest BCUT2D eigenvalue weighted by molar-refractivity contribution is 7.07. The van der Waals surface area contributed by atoms with Gasteiger partial charge in [-0.25, -0.2) is 9.79 Å². The number of nitro benzene ring substituents is 1. The molecule has 0 radical (unpaired) electrons. The van der Waals surface area contributed by atoms with Gasteiger partial charge in [0.2, 0.25) is 0 Å². The van der Waals surface area contributed by atoms with Crippen molar-refractivity contribution in [2.75, 3.05) is 6.61 Å². The van der Waals surface area contributed by atoms with Gasteiger partial charge in [0.15, 0.2) is 10.6 Å². The highest BCUT2D eigenvalue weighted by Crippen LogP contribution is 2.31. The summed E-state index contributed by atoms with van der Waals surface area (Å²) < 4.78 is 18.5. The van der Waals surface area contributed by atoms with Gasteiger partial charge in [0.05, 0.1) is 33.4 Å². The van der Waals surface area contributed by atoms with Gasteiger partial charge in [0.25, 0.3) is 5.56 Å². The molecule has 0 spiro atoms. The van der Waals surface area contributed by atoms with Crippen LogP contribution in [-0.4, -0.2) is 22.1 Å². The number of hydrogen-bond acceptors (Lipinski definition) is 9. The number of thiazole rings is 1. The number of carbonyl (C=O) groups excluding carboxylic acids is 1. The fourth-order valence-electron chi connectivity index (χ4n) is 4.33. The summed E-state index contributed by atoms with van der Waals surface area (Å²) in [7, 11) is 0. The second kappa shape index (κ2) is 11.3. The Morgan fingerprint density at radius 3 is 2.73 bits per heavy atom. The molecule has 5 rings (SSSR count). The van der Waals surface area contributed by atoms with E-state index in [9.17, 15) is 19.7 Å². The first-order chi connectivity index (χ1) is 19.3. The van der Waals surface area contributed by atoms with Crippen LogP contribution in [0.1, 0.15) is 37.0 Å². The van der Waals surface area contributed by atoms with Gasteiger partial charge in [-0.05, 0) is 43.7 Å². The summed E-state index contributed by atoms with van der Waals surface area (Å²) in [6.07, 6.45) is 1.59. The maximum absolute atomic E-state index is 13.6. The Kier molecular flexibility index (Phi) is 7.67. The van der Waals surface area contributed by atoms with Crippen molar-refractivity contribution in [1.29, 1.82) is 0 Å². The van der Waals surface area contributed by atoms with Gasteiger partial charge in [0.1, 0.15) is 18.1 Å². The molecule has 3 heterocycles. The zero-order chi connectivity index (χ0) is 28.4. The van der Waals surface area contributed by atoms with Crippen LogP contribution in [0.15, 0.2) is 86.1 Å². The van der Waals surface area contributed by atoms with Crippen molar-refractivity contribution < 1.29 is 23.6 Å². The molecule has 1 atom stereocenters. The molecule has 0 unspecified atom stereocenters. The number of rotatable bonds is 8. The number of benzene rings is 2. The quantitative estimate of drug-likeness (QED) is 0.170. The average Bonchev–Trinajstić information content (AvgIpc) is 3.51. The van der Waals surface area contributed by atoms with E-state index in [0.29, 0.717) is 32.1 Å².